The van der Waals surface area contributed by atoms with Crippen LogP contribution >= 0.6 is 11.6 Å². The molecule has 0 aliphatic carbocycles. The highest BCUT2D eigenvalue weighted by Gasteiger charge is 2.08. The Morgan fingerprint density at radius 2 is 1.94 bits per heavy atom. The maximum absolute atomic E-state index is 13.0. The lowest BCUT2D eigenvalue weighted by atomic mass is 10.2. The Morgan fingerprint density at radius 1 is 1.18 bits per heavy atom. The van der Waals surface area contributed by atoms with Crippen molar-refractivity contribution in [3.05, 3.63) is 46.4 Å². The number of aromatic nitrogens is 2. The number of anilines is 2. The van der Waals surface area contributed by atoms with Crippen LogP contribution in [0.5, 0.6) is 0 Å². The summed E-state index contributed by atoms with van der Waals surface area (Å²) in [5.74, 6) is 0.281. The molecule has 0 amide bonds. The van der Waals surface area contributed by atoms with E-state index in [1.54, 1.807) is 12.1 Å². The Morgan fingerprint density at radius 3 is 2.65 bits per heavy atom. The summed E-state index contributed by atoms with van der Waals surface area (Å²) in [6, 6.07) is 6.17. The summed E-state index contributed by atoms with van der Waals surface area (Å²) in [5.41, 5.74) is 2.39. The lowest BCUT2D eigenvalue weighted by molar-refractivity contribution is 0.628. The van der Waals surface area contributed by atoms with Crippen molar-refractivity contribution < 1.29 is 4.39 Å². The van der Waals surface area contributed by atoms with Gasteiger partial charge in [0.25, 0.3) is 0 Å². The second-order valence-electron chi connectivity index (χ2n) is 3.72. The van der Waals surface area contributed by atoms with Crippen LogP contribution in [-0.4, -0.2) is 10.2 Å². The van der Waals surface area contributed by atoms with Gasteiger partial charge in [0.05, 0.1) is 0 Å². The van der Waals surface area contributed by atoms with Crippen LogP contribution in [0.1, 0.15) is 11.1 Å². The molecule has 0 atom stereocenters. The van der Waals surface area contributed by atoms with E-state index in [-0.39, 0.29) is 5.82 Å². The molecule has 0 fully saturated rings. The van der Waals surface area contributed by atoms with Gasteiger partial charge < -0.3 is 5.32 Å². The van der Waals surface area contributed by atoms with Crippen LogP contribution in [0.4, 0.5) is 15.9 Å². The standard InChI is InChI=1S/C12H11ClFN3/c1-7-8(2)12(17-16-11(7)13)15-10-5-3-4-9(14)6-10/h3-6H,1-2H3,(H,15,17). The molecule has 1 aromatic carbocycles. The summed E-state index contributed by atoms with van der Waals surface area (Å²) in [5, 5.41) is 11.2. The fourth-order valence-electron chi connectivity index (χ4n) is 1.40. The van der Waals surface area contributed by atoms with E-state index in [4.69, 9.17) is 11.6 Å². The molecular formula is C12H11ClFN3. The maximum Gasteiger partial charge on any atom is 0.156 e. The molecule has 0 saturated carbocycles. The van der Waals surface area contributed by atoms with Crippen LogP contribution in [0.2, 0.25) is 5.15 Å². The topological polar surface area (TPSA) is 37.8 Å². The van der Waals surface area contributed by atoms with E-state index >= 15 is 0 Å². The van der Waals surface area contributed by atoms with Gasteiger partial charge in [-0.05, 0) is 43.2 Å². The van der Waals surface area contributed by atoms with Crippen molar-refractivity contribution in [2.75, 3.05) is 5.32 Å². The van der Waals surface area contributed by atoms with E-state index in [1.807, 2.05) is 13.8 Å². The van der Waals surface area contributed by atoms with Crippen molar-refractivity contribution in [3.63, 3.8) is 0 Å². The van der Waals surface area contributed by atoms with Crippen LogP contribution < -0.4 is 5.32 Å². The number of halogens is 2. The summed E-state index contributed by atoms with van der Waals surface area (Å²) in [6.07, 6.45) is 0. The van der Waals surface area contributed by atoms with Gasteiger partial charge in [-0.3, -0.25) is 0 Å². The summed E-state index contributed by atoms with van der Waals surface area (Å²) in [7, 11) is 0. The smallest absolute Gasteiger partial charge is 0.156 e. The van der Waals surface area contributed by atoms with Gasteiger partial charge in [0.15, 0.2) is 11.0 Å². The third kappa shape index (κ3) is 2.53. The van der Waals surface area contributed by atoms with Crippen LogP contribution in [0.25, 0.3) is 0 Å². The first-order valence-electron chi connectivity index (χ1n) is 5.10. The number of hydrogen-bond donors (Lipinski definition) is 1. The van der Waals surface area contributed by atoms with E-state index in [9.17, 15) is 4.39 Å². The second-order valence-corrected chi connectivity index (χ2v) is 4.08. The summed E-state index contributed by atoms with van der Waals surface area (Å²) in [4.78, 5) is 0. The lowest BCUT2D eigenvalue weighted by Crippen LogP contribution is -2.01. The molecule has 0 spiro atoms. The van der Waals surface area contributed by atoms with Crippen LogP contribution in [0.3, 0.4) is 0 Å². The number of benzene rings is 1. The van der Waals surface area contributed by atoms with Gasteiger partial charge in [0.2, 0.25) is 0 Å². The molecule has 1 heterocycles. The fourth-order valence-corrected chi connectivity index (χ4v) is 1.58. The third-order valence-corrected chi connectivity index (χ3v) is 2.91. The van der Waals surface area contributed by atoms with Gasteiger partial charge in [-0.1, -0.05) is 17.7 Å². The molecule has 1 aromatic heterocycles. The predicted octanol–water partition coefficient (Wildman–Crippen LogP) is 3.63. The molecule has 1 N–H and O–H groups in total. The average molecular weight is 252 g/mol. The van der Waals surface area contributed by atoms with E-state index < -0.39 is 0 Å². The Hall–Kier alpha value is -1.68. The molecule has 0 radical (unpaired) electrons. The monoisotopic (exact) mass is 251 g/mol. The Balaban J connectivity index is 2.34. The third-order valence-electron chi connectivity index (χ3n) is 2.55. The first-order chi connectivity index (χ1) is 8.08. The van der Waals surface area contributed by atoms with Gasteiger partial charge in [-0.2, -0.15) is 0 Å². The van der Waals surface area contributed by atoms with E-state index in [0.29, 0.717) is 16.7 Å². The molecule has 17 heavy (non-hydrogen) atoms. The van der Waals surface area contributed by atoms with E-state index in [2.05, 4.69) is 15.5 Å². The first-order valence-corrected chi connectivity index (χ1v) is 5.47. The van der Waals surface area contributed by atoms with Crippen LogP contribution in [0, 0.1) is 19.7 Å². The molecule has 0 aliphatic heterocycles. The molecule has 2 aromatic rings. The minimum atomic E-state index is -0.300. The number of hydrogen-bond acceptors (Lipinski definition) is 3. The number of nitrogens with one attached hydrogen (secondary N) is 1. The molecule has 5 heteroatoms. The van der Waals surface area contributed by atoms with Crippen molar-refractivity contribution in [2.24, 2.45) is 0 Å². The molecule has 0 saturated heterocycles. The summed E-state index contributed by atoms with van der Waals surface area (Å²) in [6.45, 7) is 3.75. The summed E-state index contributed by atoms with van der Waals surface area (Å²) < 4.78 is 13.0. The first kappa shape index (κ1) is 11.8. The highest BCUT2D eigenvalue weighted by Crippen LogP contribution is 2.23. The number of rotatable bonds is 2. The van der Waals surface area contributed by atoms with Gasteiger partial charge in [-0.25, -0.2) is 4.39 Å². The lowest BCUT2D eigenvalue weighted by Gasteiger charge is -2.10. The quantitative estimate of drug-likeness (QED) is 0.886. The number of nitrogens with zero attached hydrogens (tertiary/aromatic N) is 2. The molecule has 0 unspecified atom stereocenters. The van der Waals surface area contributed by atoms with Crippen molar-refractivity contribution >= 4 is 23.1 Å². The highest BCUT2D eigenvalue weighted by molar-refractivity contribution is 6.30. The normalized spacial score (nSPS) is 10.4. The summed E-state index contributed by atoms with van der Waals surface area (Å²) >= 11 is 5.85. The minimum Gasteiger partial charge on any atom is -0.338 e. The zero-order valence-corrected chi connectivity index (χ0v) is 10.2. The zero-order valence-electron chi connectivity index (χ0n) is 9.46. The van der Waals surface area contributed by atoms with Crippen LogP contribution in [-0.2, 0) is 0 Å². The van der Waals surface area contributed by atoms with Gasteiger partial charge in [0.1, 0.15) is 5.82 Å². The van der Waals surface area contributed by atoms with Crippen molar-refractivity contribution in [2.45, 2.75) is 13.8 Å². The molecule has 3 nitrogen and oxygen atoms in total. The molecule has 0 aliphatic rings. The zero-order chi connectivity index (χ0) is 12.4. The Kier molecular flexibility index (Phi) is 3.24. The van der Waals surface area contributed by atoms with E-state index in [1.165, 1.54) is 12.1 Å². The molecular weight excluding hydrogens is 241 g/mol. The van der Waals surface area contributed by atoms with Gasteiger partial charge >= 0.3 is 0 Å². The SMILES string of the molecule is Cc1c(Cl)nnc(Nc2cccc(F)c2)c1C. The van der Waals surface area contributed by atoms with E-state index in [0.717, 1.165) is 11.1 Å². The average Bonchev–Trinajstić information content (AvgIpc) is 2.30. The van der Waals surface area contributed by atoms with Crippen molar-refractivity contribution in [1.29, 1.82) is 0 Å². The molecule has 2 rings (SSSR count). The predicted molar refractivity (Wildman–Crippen MR) is 66.2 cm³/mol. The maximum atomic E-state index is 13.0. The fraction of sp³-hybridized carbons (Fsp3) is 0.167. The molecule has 0 bridgehead atoms. The molecule has 88 valence electrons. The van der Waals surface area contributed by atoms with Gasteiger partial charge in [-0.15, -0.1) is 10.2 Å². The van der Waals surface area contributed by atoms with Crippen molar-refractivity contribution in [1.82, 2.24) is 10.2 Å². The minimum absolute atomic E-state index is 0.300. The largest absolute Gasteiger partial charge is 0.338 e. The highest BCUT2D eigenvalue weighted by atomic mass is 35.5. The Labute approximate surface area is 104 Å². The van der Waals surface area contributed by atoms with Crippen LogP contribution in [0.15, 0.2) is 24.3 Å². The Bertz CT molecular complexity index is 557. The van der Waals surface area contributed by atoms with Gasteiger partial charge in [0, 0.05) is 5.69 Å². The van der Waals surface area contributed by atoms with Crippen molar-refractivity contribution in [3.8, 4) is 0 Å². The second kappa shape index (κ2) is 4.67.